The number of aromatic nitrogens is 2. The third kappa shape index (κ3) is 0.887. The number of nitrogens with zero attached hydrogens (tertiary/aromatic N) is 2. The van der Waals surface area contributed by atoms with Gasteiger partial charge in [-0.2, -0.15) is 5.10 Å². The van der Waals surface area contributed by atoms with E-state index in [0.29, 0.717) is 11.4 Å². The monoisotopic (exact) mass is 162 g/mol. The number of aryl methyl sites for hydroxylation is 1. The van der Waals surface area contributed by atoms with Crippen LogP contribution in [0.15, 0.2) is 18.3 Å². The van der Waals surface area contributed by atoms with E-state index >= 15 is 0 Å². The molecule has 0 aliphatic carbocycles. The van der Waals surface area contributed by atoms with Gasteiger partial charge in [0.1, 0.15) is 0 Å². The molecule has 0 aliphatic rings. The first-order valence-corrected chi connectivity index (χ1v) is 3.65. The van der Waals surface area contributed by atoms with Gasteiger partial charge >= 0.3 is 0 Å². The molecule has 1 heterocycles. The Labute approximate surface area is 69.8 Å². The van der Waals surface area contributed by atoms with Gasteiger partial charge in [0.15, 0.2) is 0 Å². The van der Waals surface area contributed by atoms with Crippen molar-refractivity contribution in [3.63, 3.8) is 0 Å². The van der Waals surface area contributed by atoms with Gasteiger partial charge in [0.05, 0.1) is 16.9 Å². The second-order valence-corrected chi connectivity index (χ2v) is 2.84. The lowest BCUT2D eigenvalue weighted by molar-refractivity contribution is 0.780. The molecule has 0 spiro atoms. The van der Waals surface area contributed by atoms with Gasteiger partial charge in [-0.1, -0.05) is 0 Å². The van der Waals surface area contributed by atoms with Crippen molar-refractivity contribution in [1.82, 2.24) is 9.78 Å². The molecule has 0 saturated heterocycles. The fourth-order valence-electron chi connectivity index (χ4n) is 1.23. The fraction of sp³-hybridized carbons (Fsp3) is 0.125. The molecule has 4 nitrogen and oxygen atoms in total. The smallest absolute Gasteiger partial charge is 0.0945 e. The first-order valence-electron chi connectivity index (χ1n) is 3.65. The number of hydrogen-bond acceptors (Lipinski definition) is 3. The molecule has 0 aliphatic heterocycles. The van der Waals surface area contributed by atoms with Gasteiger partial charge in [-0.3, -0.25) is 4.68 Å². The van der Waals surface area contributed by atoms with Crippen LogP contribution in [-0.2, 0) is 7.05 Å². The fourth-order valence-corrected chi connectivity index (χ4v) is 1.23. The summed E-state index contributed by atoms with van der Waals surface area (Å²) in [6.07, 6.45) is 1.91. The third-order valence-electron chi connectivity index (χ3n) is 1.82. The van der Waals surface area contributed by atoms with E-state index < -0.39 is 0 Å². The molecule has 0 fully saturated rings. The number of fused-ring (bicyclic) bond motifs is 1. The molecule has 0 radical (unpaired) electrons. The first kappa shape index (κ1) is 6.97. The Balaban J connectivity index is 2.83. The molecule has 0 unspecified atom stereocenters. The summed E-state index contributed by atoms with van der Waals surface area (Å²) >= 11 is 0. The molecular formula is C8H10N4. The summed E-state index contributed by atoms with van der Waals surface area (Å²) in [7, 11) is 1.87. The van der Waals surface area contributed by atoms with Crippen molar-refractivity contribution in [2.45, 2.75) is 0 Å². The standard InChI is InChI=1S/C8H10N4/c1-12-4-5-2-6(9)7(10)3-8(5)11-12/h2-4H,9-10H2,1H3. The number of benzene rings is 1. The molecule has 1 aromatic carbocycles. The summed E-state index contributed by atoms with van der Waals surface area (Å²) < 4.78 is 1.74. The Morgan fingerprint density at radius 3 is 2.67 bits per heavy atom. The zero-order chi connectivity index (χ0) is 8.72. The van der Waals surface area contributed by atoms with Crippen molar-refractivity contribution in [3.05, 3.63) is 18.3 Å². The Bertz CT molecular complexity index is 391. The highest BCUT2D eigenvalue weighted by molar-refractivity contribution is 5.87. The van der Waals surface area contributed by atoms with E-state index in [9.17, 15) is 0 Å². The highest BCUT2D eigenvalue weighted by atomic mass is 15.2. The topological polar surface area (TPSA) is 69.9 Å². The lowest BCUT2D eigenvalue weighted by Crippen LogP contribution is -1.93. The van der Waals surface area contributed by atoms with Crippen LogP contribution in [0.4, 0.5) is 11.4 Å². The van der Waals surface area contributed by atoms with Gasteiger partial charge in [0.25, 0.3) is 0 Å². The molecule has 0 atom stereocenters. The number of rotatable bonds is 0. The third-order valence-corrected chi connectivity index (χ3v) is 1.82. The summed E-state index contributed by atoms with van der Waals surface area (Å²) in [4.78, 5) is 0. The maximum atomic E-state index is 5.63. The van der Waals surface area contributed by atoms with Crippen LogP contribution in [0.25, 0.3) is 10.9 Å². The van der Waals surface area contributed by atoms with Crippen LogP contribution < -0.4 is 11.5 Å². The predicted octanol–water partition coefficient (Wildman–Crippen LogP) is 0.738. The molecule has 62 valence electrons. The zero-order valence-corrected chi connectivity index (χ0v) is 6.78. The first-order chi connectivity index (χ1) is 5.66. The Morgan fingerprint density at radius 2 is 1.92 bits per heavy atom. The average Bonchev–Trinajstić information content (AvgIpc) is 2.30. The van der Waals surface area contributed by atoms with Crippen molar-refractivity contribution in [1.29, 1.82) is 0 Å². The van der Waals surface area contributed by atoms with Crippen molar-refractivity contribution in [2.75, 3.05) is 11.5 Å². The van der Waals surface area contributed by atoms with Crippen LogP contribution in [0.3, 0.4) is 0 Å². The summed E-state index contributed by atoms with van der Waals surface area (Å²) in [6, 6.07) is 3.61. The maximum absolute atomic E-state index is 5.63. The zero-order valence-electron chi connectivity index (χ0n) is 6.78. The molecule has 0 saturated carbocycles. The summed E-state index contributed by atoms with van der Waals surface area (Å²) in [5, 5.41) is 5.21. The summed E-state index contributed by atoms with van der Waals surface area (Å²) in [5.41, 5.74) is 13.3. The van der Waals surface area contributed by atoms with E-state index in [1.54, 1.807) is 10.7 Å². The molecule has 4 heteroatoms. The molecule has 0 bridgehead atoms. The quantitative estimate of drug-likeness (QED) is 0.561. The van der Waals surface area contributed by atoms with Gasteiger partial charge in [-0.25, -0.2) is 0 Å². The van der Waals surface area contributed by atoms with Crippen LogP contribution in [0.5, 0.6) is 0 Å². The SMILES string of the molecule is Cn1cc2cc(N)c(N)cc2n1. The second-order valence-electron chi connectivity index (χ2n) is 2.84. The molecule has 2 rings (SSSR count). The van der Waals surface area contributed by atoms with Gasteiger partial charge in [-0.15, -0.1) is 0 Å². The minimum absolute atomic E-state index is 0.584. The maximum Gasteiger partial charge on any atom is 0.0945 e. The molecule has 2 aromatic rings. The van der Waals surface area contributed by atoms with Gasteiger partial charge < -0.3 is 11.5 Å². The number of hydrogen-bond donors (Lipinski definition) is 2. The Hall–Kier alpha value is -1.71. The van der Waals surface area contributed by atoms with E-state index in [-0.39, 0.29) is 0 Å². The Morgan fingerprint density at radius 1 is 1.25 bits per heavy atom. The molecule has 0 amide bonds. The number of anilines is 2. The van der Waals surface area contributed by atoms with Crippen molar-refractivity contribution in [2.24, 2.45) is 7.05 Å². The van der Waals surface area contributed by atoms with E-state index in [1.165, 1.54) is 0 Å². The minimum atomic E-state index is 0.584. The normalized spacial score (nSPS) is 10.8. The van der Waals surface area contributed by atoms with E-state index in [2.05, 4.69) is 5.10 Å². The lowest BCUT2D eigenvalue weighted by atomic mass is 10.2. The van der Waals surface area contributed by atoms with E-state index in [4.69, 9.17) is 11.5 Å². The van der Waals surface area contributed by atoms with Crippen molar-refractivity contribution in [3.8, 4) is 0 Å². The predicted molar refractivity (Wildman–Crippen MR) is 49.5 cm³/mol. The Kier molecular flexibility index (Phi) is 1.24. The van der Waals surface area contributed by atoms with Crippen LogP contribution in [0.2, 0.25) is 0 Å². The van der Waals surface area contributed by atoms with E-state index in [1.807, 2.05) is 19.3 Å². The van der Waals surface area contributed by atoms with Gasteiger partial charge in [0.2, 0.25) is 0 Å². The van der Waals surface area contributed by atoms with Crippen LogP contribution >= 0.6 is 0 Å². The number of nitrogens with two attached hydrogens (primary N) is 2. The molecule has 4 N–H and O–H groups in total. The van der Waals surface area contributed by atoms with Crippen molar-refractivity contribution >= 4 is 22.3 Å². The van der Waals surface area contributed by atoms with Crippen LogP contribution in [-0.4, -0.2) is 9.78 Å². The largest absolute Gasteiger partial charge is 0.397 e. The lowest BCUT2D eigenvalue weighted by Gasteiger charge is -1.97. The number of nitrogen functional groups attached to an aromatic ring is 2. The molecular weight excluding hydrogens is 152 g/mol. The minimum Gasteiger partial charge on any atom is -0.397 e. The van der Waals surface area contributed by atoms with Crippen LogP contribution in [0.1, 0.15) is 0 Å². The second kappa shape index (κ2) is 2.14. The van der Waals surface area contributed by atoms with Crippen LogP contribution in [0, 0.1) is 0 Å². The van der Waals surface area contributed by atoms with Crippen molar-refractivity contribution < 1.29 is 0 Å². The summed E-state index contributed by atoms with van der Waals surface area (Å²) in [6.45, 7) is 0. The van der Waals surface area contributed by atoms with Gasteiger partial charge in [-0.05, 0) is 12.1 Å². The highest BCUT2D eigenvalue weighted by Crippen LogP contribution is 2.21. The van der Waals surface area contributed by atoms with Gasteiger partial charge in [0, 0.05) is 18.6 Å². The van der Waals surface area contributed by atoms with E-state index in [0.717, 1.165) is 10.9 Å². The average molecular weight is 162 g/mol. The molecule has 1 aromatic heterocycles. The summed E-state index contributed by atoms with van der Waals surface area (Å²) in [5.74, 6) is 0. The molecule has 12 heavy (non-hydrogen) atoms. The highest BCUT2D eigenvalue weighted by Gasteiger charge is 2.01.